The second-order valence-corrected chi connectivity index (χ2v) is 2.27. The van der Waals surface area contributed by atoms with Gasteiger partial charge in [0, 0.05) is 5.03 Å². The highest BCUT2D eigenvalue weighted by Gasteiger charge is 2.09. The van der Waals surface area contributed by atoms with E-state index in [2.05, 4.69) is 6.58 Å². The van der Waals surface area contributed by atoms with Crippen molar-refractivity contribution in [1.29, 1.82) is 0 Å². The minimum absolute atomic E-state index is 0.119. The summed E-state index contributed by atoms with van der Waals surface area (Å²) in [6.45, 7) is 3.21. The summed E-state index contributed by atoms with van der Waals surface area (Å²) in [5.41, 5.74) is 0. The van der Waals surface area contributed by atoms with Gasteiger partial charge in [0.2, 0.25) is 5.78 Å². The molecule has 0 fully saturated rings. The van der Waals surface area contributed by atoms with Gasteiger partial charge < -0.3 is 0 Å². The van der Waals surface area contributed by atoms with Crippen molar-refractivity contribution >= 4 is 34.2 Å². The Hall–Kier alpha value is -0.340. The maximum Gasteiger partial charge on any atom is 0.288 e. The van der Waals surface area contributed by atoms with Crippen LogP contribution in [0.3, 0.4) is 0 Å². The van der Waals surface area contributed by atoms with Gasteiger partial charge in [-0.05, 0) is 11.6 Å². The number of hydrogen-bond acceptors (Lipinski definition) is 2. The number of carbonyl (C=O) groups is 2. The fourth-order valence-corrected chi connectivity index (χ4v) is 0.432. The molecular formula is C5H4Cl2O2. The molecule has 0 unspecified atom stereocenters. The van der Waals surface area contributed by atoms with Crippen LogP contribution in [0.2, 0.25) is 0 Å². The highest BCUT2D eigenvalue weighted by atomic mass is 35.5. The van der Waals surface area contributed by atoms with E-state index in [9.17, 15) is 9.59 Å². The summed E-state index contributed by atoms with van der Waals surface area (Å²) in [5.74, 6) is -0.725. The molecule has 4 heteroatoms. The molecule has 0 aliphatic carbocycles. The zero-order valence-electron chi connectivity index (χ0n) is 4.49. The first-order valence-corrected chi connectivity index (χ1v) is 2.85. The van der Waals surface area contributed by atoms with Gasteiger partial charge in [0.15, 0.2) is 0 Å². The molecule has 0 N–H and O–H groups in total. The number of hydrogen-bond donors (Lipinski definition) is 0. The van der Waals surface area contributed by atoms with Crippen LogP contribution in [0, 0.1) is 0 Å². The van der Waals surface area contributed by atoms with Crippen molar-refractivity contribution < 1.29 is 9.59 Å². The molecule has 0 aromatic carbocycles. The van der Waals surface area contributed by atoms with E-state index in [-0.39, 0.29) is 11.5 Å². The molecule has 0 radical (unpaired) electrons. The van der Waals surface area contributed by atoms with Gasteiger partial charge in [-0.3, -0.25) is 9.59 Å². The molecule has 9 heavy (non-hydrogen) atoms. The Labute approximate surface area is 62.4 Å². The number of rotatable bonds is 3. The van der Waals surface area contributed by atoms with Crippen LogP contribution in [0.15, 0.2) is 11.6 Å². The van der Waals surface area contributed by atoms with E-state index < -0.39 is 11.0 Å². The number of halogens is 2. The molecule has 0 saturated carbocycles. The number of Topliss-reactive ketones (excluding diaryl/α,β-unsaturated/α-hetero) is 1. The standard InChI is InChI=1S/C5H4Cl2O2/c1-3(6)2-4(8)5(7)9/h1-2H2. The maximum absolute atomic E-state index is 10.3. The van der Waals surface area contributed by atoms with E-state index in [4.69, 9.17) is 23.2 Å². The predicted molar refractivity (Wildman–Crippen MR) is 35.5 cm³/mol. The van der Waals surface area contributed by atoms with Gasteiger partial charge in [0.1, 0.15) is 0 Å². The number of ketones is 1. The normalized spacial score (nSPS) is 8.67. The summed E-state index contributed by atoms with van der Waals surface area (Å²) in [6.07, 6.45) is -0.177. The van der Waals surface area contributed by atoms with Crippen molar-refractivity contribution in [3.8, 4) is 0 Å². The molecule has 0 aliphatic rings. The Morgan fingerprint density at radius 3 is 1.89 bits per heavy atom. The van der Waals surface area contributed by atoms with Gasteiger partial charge in [0.05, 0.1) is 6.42 Å². The van der Waals surface area contributed by atoms with Crippen LogP contribution in [-0.2, 0) is 9.59 Å². The number of allylic oxidation sites excluding steroid dienone is 1. The molecule has 2 nitrogen and oxygen atoms in total. The van der Waals surface area contributed by atoms with Crippen LogP contribution < -0.4 is 0 Å². The average molecular weight is 167 g/mol. The van der Waals surface area contributed by atoms with E-state index in [1.165, 1.54) is 0 Å². The summed E-state index contributed by atoms with van der Waals surface area (Å²) in [4.78, 5) is 20.3. The lowest BCUT2D eigenvalue weighted by atomic mass is 10.3. The quantitative estimate of drug-likeness (QED) is 0.471. The SMILES string of the molecule is C=C(Cl)CC(=O)C(=O)Cl. The summed E-state index contributed by atoms with van der Waals surface area (Å²) in [7, 11) is 0. The van der Waals surface area contributed by atoms with Crippen molar-refractivity contribution in [2.45, 2.75) is 6.42 Å². The fraction of sp³-hybridized carbons (Fsp3) is 0.200. The molecule has 0 heterocycles. The minimum Gasteiger partial charge on any atom is -0.289 e. The molecule has 0 amide bonds. The lowest BCUT2D eigenvalue weighted by Crippen LogP contribution is -2.05. The first-order chi connectivity index (χ1) is 4.04. The lowest BCUT2D eigenvalue weighted by molar-refractivity contribution is -0.131. The topological polar surface area (TPSA) is 34.1 Å². The van der Waals surface area contributed by atoms with Crippen LogP contribution in [0.4, 0.5) is 0 Å². The lowest BCUT2D eigenvalue weighted by Gasteiger charge is -1.88. The first-order valence-electron chi connectivity index (χ1n) is 2.10. The third-order valence-corrected chi connectivity index (χ3v) is 0.916. The smallest absolute Gasteiger partial charge is 0.288 e. The van der Waals surface area contributed by atoms with Gasteiger partial charge in [-0.2, -0.15) is 0 Å². The molecule has 0 spiro atoms. The zero-order valence-corrected chi connectivity index (χ0v) is 6.00. The van der Waals surface area contributed by atoms with Gasteiger partial charge in [0.25, 0.3) is 5.24 Å². The molecule has 0 rings (SSSR count). The largest absolute Gasteiger partial charge is 0.289 e. The molecule has 0 saturated heterocycles. The van der Waals surface area contributed by atoms with Crippen LogP contribution >= 0.6 is 23.2 Å². The van der Waals surface area contributed by atoms with E-state index >= 15 is 0 Å². The average Bonchev–Trinajstić information content (AvgIpc) is 1.63. The second-order valence-electron chi connectivity index (χ2n) is 1.39. The van der Waals surface area contributed by atoms with Crippen molar-refractivity contribution in [2.24, 2.45) is 0 Å². The Kier molecular flexibility index (Phi) is 3.50. The van der Waals surface area contributed by atoms with Gasteiger partial charge in [-0.1, -0.05) is 18.2 Å². The van der Waals surface area contributed by atoms with Crippen LogP contribution in [0.1, 0.15) is 6.42 Å². The third-order valence-electron chi connectivity index (χ3n) is 0.572. The molecule has 0 aliphatic heterocycles. The molecule has 0 aromatic rings. The molecule has 0 aromatic heterocycles. The second kappa shape index (κ2) is 3.64. The van der Waals surface area contributed by atoms with Gasteiger partial charge in [-0.15, -0.1) is 0 Å². The van der Waals surface area contributed by atoms with E-state index in [1.54, 1.807) is 0 Å². The summed E-state index contributed by atoms with van der Waals surface area (Å²) in [6, 6.07) is 0. The van der Waals surface area contributed by atoms with Gasteiger partial charge in [-0.25, -0.2) is 0 Å². The molecule has 0 atom stereocenters. The third kappa shape index (κ3) is 4.18. The molecule has 0 bridgehead atoms. The Balaban J connectivity index is 3.79. The highest BCUT2D eigenvalue weighted by molar-refractivity contribution is 6.81. The first kappa shape index (κ1) is 8.66. The zero-order chi connectivity index (χ0) is 7.44. The minimum atomic E-state index is -1.00. The monoisotopic (exact) mass is 166 g/mol. The Morgan fingerprint density at radius 1 is 1.33 bits per heavy atom. The predicted octanol–water partition coefficient (Wildman–Crippen LogP) is 1.46. The summed E-state index contributed by atoms with van der Waals surface area (Å²) in [5, 5.41) is -0.884. The molecule has 50 valence electrons. The van der Waals surface area contributed by atoms with Gasteiger partial charge >= 0.3 is 0 Å². The van der Waals surface area contributed by atoms with E-state index in [0.29, 0.717) is 0 Å². The van der Waals surface area contributed by atoms with Crippen LogP contribution in [0.25, 0.3) is 0 Å². The Morgan fingerprint density at radius 2 is 1.78 bits per heavy atom. The van der Waals surface area contributed by atoms with Crippen LogP contribution in [0.5, 0.6) is 0 Å². The van der Waals surface area contributed by atoms with E-state index in [1.807, 2.05) is 0 Å². The highest BCUT2D eigenvalue weighted by Crippen LogP contribution is 2.04. The summed E-state index contributed by atoms with van der Waals surface area (Å²) >= 11 is 9.97. The van der Waals surface area contributed by atoms with Crippen molar-refractivity contribution in [1.82, 2.24) is 0 Å². The van der Waals surface area contributed by atoms with Crippen LogP contribution in [-0.4, -0.2) is 11.0 Å². The summed E-state index contributed by atoms with van der Waals surface area (Å²) < 4.78 is 0. The van der Waals surface area contributed by atoms with Crippen molar-refractivity contribution in [3.63, 3.8) is 0 Å². The Bertz CT molecular complexity index is 162. The van der Waals surface area contributed by atoms with Crippen molar-refractivity contribution in [3.05, 3.63) is 11.6 Å². The molecular weight excluding hydrogens is 163 g/mol. The maximum atomic E-state index is 10.3. The number of carbonyl (C=O) groups excluding carboxylic acids is 2. The van der Waals surface area contributed by atoms with Crippen molar-refractivity contribution in [2.75, 3.05) is 0 Å². The van der Waals surface area contributed by atoms with E-state index in [0.717, 1.165) is 0 Å². The fourth-order valence-electron chi connectivity index (χ4n) is 0.244.